The lowest BCUT2D eigenvalue weighted by Gasteiger charge is -2.20. The molecule has 3 N–H and O–H groups in total. The molecule has 0 aliphatic carbocycles. The molecule has 85 heavy (non-hydrogen) atoms. The molecule has 0 aromatic carbocycles. The molecular formula is C79H151NO5. The highest BCUT2D eigenvalue weighted by Crippen LogP contribution is 2.20. The molecule has 1 amide bonds. The Morgan fingerprint density at radius 3 is 0.906 bits per heavy atom. The molecule has 2 unspecified atom stereocenters. The van der Waals surface area contributed by atoms with E-state index in [1.54, 1.807) is 6.08 Å². The molecule has 0 fully saturated rings. The third kappa shape index (κ3) is 71.0. The van der Waals surface area contributed by atoms with Crippen LogP contribution in [0.2, 0.25) is 0 Å². The van der Waals surface area contributed by atoms with Crippen LogP contribution in [0, 0.1) is 0 Å². The van der Waals surface area contributed by atoms with Crippen molar-refractivity contribution in [2.75, 3.05) is 13.2 Å². The second-order valence-electron chi connectivity index (χ2n) is 26.7. The number of carbonyl (C=O) groups is 2. The first kappa shape index (κ1) is 83.1. The molecule has 0 aliphatic rings. The summed E-state index contributed by atoms with van der Waals surface area (Å²) in [5.74, 6) is -0.0462. The number of carbonyl (C=O) groups excluding carboxylic acids is 2. The van der Waals surface area contributed by atoms with Gasteiger partial charge in [-0.2, -0.15) is 0 Å². The molecule has 0 bridgehead atoms. The largest absolute Gasteiger partial charge is 0.466 e. The molecule has 6 heteroatoms. The lowest BCUT2D eigenvalue weighted by Crippen LogP contribution is -2.45. The lowest BCUT2D eigenvalue weighted by molar-refractivity contribution is -0.143. The molecular weight excluding hydrogens is 1040 g/mol. The molecule has 0 saturated carbocycles. The molecule has 0 aromatic heterocycles. The van der Waals surface area contributed by atoms with Gasteiger partial charge in [-0.15, -0.1) is 0 Å². The standard InChI is InChI=1S/C79H151NO5/c1-3-5-7-9-11-13-15-17-19-21-36-39-43-47-51-55-59-63-67-71-77(82)76(75-81)80-78(83)72-68-64-60-56-52-48-44-40-37-34-32-30-28-26-24-23-25-27-29-31-33-35-38-42-46-50-54-58-62-66-70-74-85-79(84)73-69-65-61-57-53-49-45-41-22-20-18-16-14-12-10-8-6-4-2/h14,16,20,22,67,71,76-77,81-82H,3-13,15,17-19,21,23-66,68-70,72-75H2,1-2H3,(H,80,83)/b16-14-,22-20-,71-67+. The second-order valence-corrected chi connectivity index (χ2v) is 26.7. The lowest BCUT2D eigenvalue weighted by atomic mass is 10.0. The van der Waals surface area contributed by atoms with E-state index in [1.165, 1.54) is 353 Å². The molecule has 0 aliphatic heterocycles. The van der Waals surface area contributed by atoms with Gasteiger partial charge in [0.25, 0.3) is 0 Å². The van der Waals surface area contributed by atoms with Crippen molar-refractivity contribution in [1.29, 1.82) is 0 Å². The predicted octanol–water partition coefficient (Wildman–Crippen LogP) is 25.4. The zero-order valence-corrected chi connectivity index (χ0v) is 57.6. The second kappa shape index (κ2) is 74.5. The fourth-order valence-electron chi connectivity index (χ4n) is 12.3. The van der Waals surface area contributed by atoms with Crippen LogP contribution in [0.25, 0.3) is 0 Å². The normalized spacial score (nSPS) is 12.7. The van der Waals surface area contributed by atoms with Gasteiger partial charge in [0, 0.05) is 12.8 Å². The minimum Gasteiger partial charge on any atom is -0.466 e. The van der Waals surface area contributed by atoms with Gasteiger partial charge in [-0.1, -0.05) is 391 Å². The SMILES string of the molecule is CCCCCC/C=C\C/C=C\CCCCCCCCCC(=O)OCCCCCCCCCCCCCCCCCCCCCCCCCCCCCCCCCC(=O)NC(CO)C(O)/C=C/CCCCCCCCCCCCCCCCCCC. The summed E-state index contributed by atoms with van der Waals surface area (Å²) in [5, 5.41) is 23.3. The number of aliphatic hydroxyl groups is 2. The summed E-state index contributed by atoms with van der Waals surface area (Å²) in [6, 6.07) is -0.625. The van der Waals surface area contributed by atoms with Crippen LogP contribution < -0.4 is 5.32 Å². The number of nitrogens with one attached hydrogen (secondary N) is 1. The first-order valence-corrected chi connectivity index (χ1v) is 38.8. The summed E-state index contributed by atoms with van der Waals surface area (Å²) < 4.78 is 5.51. The van der Waals surface area contributed by atoms with Crippen molar-refractivity contribution >= 4 is 11.9 Å². The average Bonchev–Trinajstić information content (AvgIpc) is 3.51. The maximum Gasteiger partial charge on any atom is 0.305 e. The third-order valence-electron chi connectivity index (χ3n) is 18.2. The molecule has 2 atom stereocenters. The smallest absolute Gasteiger partial charge is 0.305 e. The van der Waals surface area contributed by atoms with Crippen molar-refractivity contribution in [1.82, 2.24) is 5.32 Å². The summed E-state index contributed by atoms with van der Waals surface area (Å²) in [7, 11) is 0. The van der Waals surface area contributed by atoms with Crippen LogP contribution in [-0.4, -0.2) is 47.4 Å². The van der Waals surface area contributed by atoms with E-state index < -0.39 is 12.1 Å². The predicted molar refractivity (Wildman–Crippen MR) is 375 cm³/mol. The van der Waals surface area contributed by atoms with Gasteiger partial charge in [-0.05, 0) is 64.2 Å². The monoisotopic (exact) mass is 1190 g/mol. The Labute approximate surface area is 532 Å². The number of aliphatic hydroxyl groups excluding tert-OH is 2. The first-order valence-electron chi connectivity index (χ1n) is 38.8. The van der Waals surface area contributed by atoms with E-state index in [0.29, 0.717) is 19.4 Å². The number of rotatable bonds is 73. The molecule has 6 nitrogen and oxygen atoms in total. The summed E-state index contributed by atoms with van der Waals surface area (Å²) in [4.78, 5) is 24.6. The molecule has 0 heterocycles. The molecule has 502 valence electrons. The van der Waals surface area contributed by atoms with Crippen LogP contribution in [0.15, 0.2) is 36.5 Å². The van der Waals surface area contributed by atoms with Crippen LogP contribution in [0.4, 0.5) is 0 Å². The minimum atomic E-state index is -0.842. The van der Waals surface area contributed by atoms with E-state index in [9.17, 15) is 19.8 Å². The molecule has 0 rings (SSSR count). The number of esters is 1. The quantitative estimate of drug-likeness (QED) is 0.0320. The maximum atomic E-state index is 12.5. The Morgan fingerprint density at radius 2 is 0.588 bits per heavy atom. The molecule has 0 aromatic rings. The number of ether oxygens (including phenoxy) is 1. The van der Waals surface area contributed by atoms with Crippen molar-refractivity contribution in [3.63, 3.8) is 0 Å². The number of amides is 1. The van der Waals surface area contributed by atoms with Crippen molar-refractivity contribution in [3.05, 3.63) is 36.5 Å². The van der Waals surface area contributed by atoms with Gasteiger partial charge in [0.1, 0.15) is 0 Å². The summed E-state index contributed by atoms with van der Waals surface area (Å²) >= 11 is 0. The summed E-state index contributed by atoms with van der Waals surface area (Å²) in [6.45, 7) is 4.93. The van der Waals surface area contributed by atoms with Gasteiger partial charge in [0.05, 0.1) is 25.4 Å². The Kier molecular flexibility index (Phi) is 72.9. The van der Waals surface area contributed by atoms with Crippen molar-refractivity contribution in [2.24, 2.45) is 0 Å². The van der Waals surface area contributed by atoms with E-state index in [0.717, 1.165) is 51.4 Å². The number of hydrogen-bond donors (Lipinski definition) is 3. The summed E-state index contributed by atoms with van der Waals surface area (Å²) in [6.07, 6.45) is 96.8. The van der Waals surface area contributed by atoms with Crippen molar-refractivity contribution in [3.8, 4) is 0 Å². The van der Waals surface area contributed by atoms with E-state index in [1.807, 2.05) is 6.08 Å². The maximum absolute atomic E-state index is 12.5. The van der Waals surface area contributed by atoms with Crippen LogP contribution in [0.5, 0.6) is 0 Å². The van der Waals surface area contributed by atoms with Crippen LogP contribution in [0.3, 0.4) is 0 Å². The van der Waals surface area contributed by atoms with Crippen LogP contribution in [0.1, 0.15) is 431 Å². The van der Waals surface area contributed by atoms with Gasteiger partial charge < -0.3 is 20.3 Å². The Bertz CT molecular complexity index is 1380. The van der Waals surface area contributed by atoms with Gasteiger partial charge in [0.15, 0.2) is 0 Å². The van der Waals surface area contributed by atoms with Gasteiger partial charge in [0.2, 0.25) is 5.91 Å². The summed E-state index contributed by atoms with van der Waals surface area (Å²) in [5.41, 5.74) is 0. The van der Waals surface area contributed by atoms with Crippen molar-refractivity contribution < 1.29 is 24.5 Å². The highest BCUT2D eigenvalue weighted by molar-refractivity contribution is 5.76. The first-order chi connectivity index (χ1) is 42.0. The zero-order valence-electron chi connectivity index (χ0n) is 57.6. The van der Waals surface area contributed by atoms with Gasteiger partial charge in [-0.3, -0.25) is 9.59 Å². The highest BCUT2D eigenvalue weighted by atomic mass is 16.5. The van der Waals surface area contributed by atoms with E-state index in [4.69, 9.17) is 4.74 Å². The van der Waals surface area contributed by atoms with Crippen LogP contribution in [-0.2, 0) is 14.3 Å². The van der Waals surface area contributed by atoms with Gasteiger partial charge in [-0.25, -0.2) is 0 Å². The average molecular weight is 1200 g/mol. The molecule has 0 saturated heterocycles. The highest BCUT2D eigenvalue weighted by Gasteiger charge is 2.18. The van der Waals surface area contributed by atoms with Gasteiger partial charge >= 0.3 is 5.97 Å². The number of hydrogen-bond acceptors (Lipinski definition) is 5. The number of unbranched alkanes of at least 4 members (excludes halogenated alkanes) is 58. The third-order valence-corrected chi connectivity index (χ3v) is 18.2. The van der Waals surface area contributed by atoms with Crippen molar-refractivity contribution in [2.45, 2.75) is 443 Å². The van der Waals surface area contributed by atoms with E-state index in [-0.39, 0.29) is 18.5 Å². The topological polar surface area (TPSA) is 95.9 Å². The van der Waals surface area contributed by atoms with Crippen LogP contribution >= 0.6 is 0 Å². The molecule has 0 spiro atoms. The minimum absolute atomic E-state index is 0.0137. The Morgan fingerprint density at radius 1 is 0.329 bits per heavy atom. The zero-order chi connectivity index (χ0) is 61.3. The van der Waals surface area contributed by atoms with E-state index in [2.05, 4.69) is 43.5 Å². The Hall–Kier alpha value is -1.92. The molecule has 0 radical (unpaired) electrons. The number of allylic oxidation sites excluding steroid dienone is 5. The fraction of sp³-hybridized carbons (Fsp3) is 0.899. The fourth-order valence-corrected chi connectivity index (χ4v) is 12.3. The Balaban J connectivity index is 3.34. The van der Waals surface area contributed by atoms with E-state index >= 15 is 0 Å².